The van der Waals surface area contributed by atoms with Crippen LogP contribution in [0.3, 0.4) is 0 Å². The van der Waals surface area contributed by atoms with E-state index in [0.717, 1.165) is 24.1 Å². The molecule has 0 radical (unpaired) electrons. The molecule has 19 heavy (non-hydrogen) atoms. The molecule has 1 aromatic carbocycles. The van der Waals surface area contributed by atoms with Crippen molar-refractivity contribution < 1.29 is 52.4 Å². The zero-order valence-corrected chi connectivity index (χ0v) is 17.1. The molecule has 0 aliphatic heterocycles. The molecular formula is C15H27I2N2-. The summed E-state index contributed by atoms with van der Waals surface area (Å²) in [5.74, 6) is 0. The van der Waals surface area contributed by atoms with Gasteiger partial charge in [-0.25, -0.2) is 0 Å². The first kappa shape index (κ1) is 21.9. The minimum atomic E-state index is 0. The molecular weight excluding hydrogens is 462 g/mol. The quantitative estimate of drug-likeness (QED) is 0.297. The summed E-state index contributed by atoms with van der Waals surface area (Å²) in [4.78, 5) is 2.37. The predicted octanol–water partition coefficient (Wildman–Crippen LogP) is -3.47. The summed E-state index contributed by atoms with van der Waals surface area (Å²) in [6, 6.07) is 8.84. The van der Waals surface area contributed by atoms with Crippen LogP contribution in [0.1, 0.15) is 18.1 Å². The minimum absolute atomic E-state index is 0. The third-order valence-corrected chi connectivity index (χ3v) is 3.32. The number of hydrogen-bond donors (Lipinski definition) is 0. The maximum Gasteiger partial charge on any atom is 0.104 e. The van der Waals surface area contributed by atoms with Crippen molar-refractivity contribution in [1.29, 1.82) is 0 Å². The van der Waals surface area contributed by atoms with Gasteiger partial charge in [0.1, 0.15) is 6.54 Å². The van der Waals surface area contributed by atoms with Crippen molar-refractivity contribution in [3.05, 3.63) is 35.4 Å². The Balaban J connectivity index is 0. The molecule has 0 aliphatic rings. The molecule has 0 aromatic heterocycles. The van der Waals surface area contributed by atoms with Crippen molar-refractivity contribution in [2.75, 3.05) is 40.8 Å². The summed E-state index contributed by atoms with van der Waals surface area (Å²) in [5.41, 5.74) is 2.79. The Morgan fingerprint density at radius 1 is 1.16 bits per heavy atom. The smallest absolute Gasteiger partial charge is 0.104 e. The Kier molecular flexibility index (Phi) is 11.9. The topological polar surface area (TPSA) is 3.24 Å². The number of benzene rings is 1. The minimum Gasteiger partial charge on any atom is -1.00 e. The van der Waals surface area contributed by atoms with E-state index < -0.39 is 0 Å². The molecule has 4 heteroatoms. The fraction of sp³-hybridized carbons (Fsp3) is 0.600. The first-order valence-electron chi connectivity index (χ1n) is 6.49. The highest BCUT2D eigenvalue weighted by Crippen LogP contribution is 2.11. The molecule has 0 atom stereocenters. The van der Waals surface area contributed by atoms with Gasteiger partial charge < -0.3 is 57.3 Å². The Bertz CT molecular complexity index is 354. The number of hydrogen-bond acceptors (Lipinski definition) is 1. The number of rotatable bonds is 6. The van der Waals surface area contributed by atoms with Gasteiger partial charge in [-0.1, -0.05) is 36.8 Å². The van der Waals surface area contributed by atoms with Gasteiger partial charge in [-0.2, -0.15) is 0 Å². The summed E-state index contributed by atoms with van der Waals surface area (Å²) in [6.45, 7) is 8.96. The zero-order valence-electron chi connectivity index (χ0n) is 12.8. The number of halogens is 2. The van der Waals surface area contributed by atoms with E-state index in [1.807, 2.05) is 0 Å². The van der Waals surface area contributed by atoms with E-state index in [1.54, 1.807) is 0 Å². The summed E-state index contributed by atoms with van der Waals surface area (Å²) < 4.78 is 1.05. The summed E-state index contributed by atoms with van der Waals surface area (Å²) in [6.07, 6.45) is 0. The molecule has 1 aromatic rings. The van der Waals surface area contributed by atoms with Gasteiger partial charge in [0, 0.05) is 12.1 Å². The van der Waals surface area contributed by atoms with Crippen molar-refractivity contribution in [3.8, 4) is 0 Å². The zero-order chi connectivity index (χ0) is 12.9. The average molecular weight is 489 g/mol. The first-order valence-corrected chi connectivity index (χ1v) is 6.49. The Morgan fingerprint density at radius 3 is 2.32 bits per heavy atom. The highest BCUT2D eigenvalue weighted by Gasteiger charge is 2.16. The molecule has 0 aliphatic carbocycles. The molecule has 0 heterocycles. The van der Waals surface area contributed by atoms with Gasteiger partial charge in [0.15, 0.2) is 0 Å². The second kappa shape index (κ2) is 10.3. The van der Waals surface area contributed by atoms with Crippen LogP contribution in [0.15, 0.2) is 24.3 Å². The lowest BCUT2D eigenvalue weighted by molar-refractivity contribution is -0.903. The van der Waals surface area contributed by atoms with E-state index in [0.29, 0.717) is 0 Å². The van der Waals surface area contributed by atoms with Crippen molar-refractivity contribution in [1.82, 2.24) is 4.90 Å². The molecule has 0 saturated carbocycles. The van der Waals surface area contributed by atoms with Crippen LogP contribution >= 0.6 is 0 Å². The lowest BCUT2D eigenvalue weighted by Crippen LogP contribution is -3.00. The number of nitrogens with zero attached hydrogens (tertiary/aromatic N) is 2. The number of likely N-dealkylation sites (N-methyl/N-ethyl adjacent to an activating group) is 2. The Hall–Kier alpha value is 0.600. The Morgan fingerprint density at radius 2 is 1.79 bits per heavy atom. The predicted molar refractivity (Wildman–Crippen MR) is 75.0 cm³/mol. The largest absolute Gasteiger partial charge is 1.00 e. The van der Waals surface area contributed by atoms with Crippen LogP contribution in [0.4, 0.5) is 0 Å². The van der Waals surface area contributed by atoms with E-state index in [4.69, 9.17) is 0 Å². The molecule has 2 nitrogen and oxygen atoms in total. The number of quaternary nitrogens is 1. The van der Waals surface area contributed by atoms with Crippen LogP contribution < -0.4 is 48.0 Å². The van der Waals surface area contributed by atoms with Crippen LogP contribution in [0, 0.1) is 6.92 Å². The van der Waals surface area contributed by atoms with E-state index in [2.05, 4.69) is 64.2 Å². The van der Waals surface area contributed by atoms with Gasteiger partial charge in [0.25, 0.3) is 0 Å². The standard InChI is InChI=1S/C15H27N2.2HI/c1-6-16(3)10-11-17(4,5)13-15-9-7-8-14(2)12-15;;/h7-9,12H,6,10-11,13H2,1-5H3;2*1H/q+1;;/p-2. The summed E-state index contributed by atoms with van der Waals surface area (Å²) >= 11 is 0. The van der Waals surface area contributed by atoms with Gasteiger partial charge in [0.05, 0.1) is 20.6 Å². The molecule has 0 spiro atoms. The fourth-order valence-electron chi connectivity index (χ4n) is 1.98. The Labute approximate surface area is 153 Å². The molecule has 0 bridgehead atoms. The maximum absolute atomic E-state index is 2.37. The third kappa shape index (κ3) is 9.20. The third-order valence-electron chi connectivity index (χ3n) is 3.32. The first-order chi connectivity index (χ1) is 7.93. The van der Waals surface area contributed by atoms with E-state index >= 15 is 0 Å². The summed E-state index contributed by atoms with van der Waals surface area (Å²) in [7, 11) is 6.81. The molecule has 0 unspecified atom stereocenters. The van der Waals surface area contributed by atoms with Crippen LogP contribution in [0.5, 0.6) is 0 Å². The maximum atomic E-state index is 2.37. The highest BCUT2D eigenvalue weighted by atomic mass is 127. The van der Waals surface area contributed by atoms with Crippen LogP contribution in [0.25, 0.3) is 0 Å². The van der Waals surface area contributed by atoms with Crippen molar-refractivity contribution >= 4 is 0 Å². The SMILES string of the molecule is CCN(C)CC[N+](C)(C)Cc1cccc(C)c1.[I-].[I-]. The average Bonchev–Trinajstić information content (AvgIpc) is 2.25. The highest BCUT2D eigenvalue weighted by molar-refractivity contribution is 5.21. The van der Waals surface area contributed by atoms with Crippen LogP contribution in [0.2, 0.25) is 0 Å². The fourth-order valence-corrected chi connectivity index (χ4v) is 1.98. The van der Waals surface area contributed by atoms with Gasteiger partial charge in [-0.15, -0.1) is 0 Å². The van der Waals surface area contributed by atoms with E-state index in [1.165, 1.54) is 17.7 Å². The van der Waals surface area contributed by atoms with Gasteiger partial charge in [0.2, 0.25) is 0 Å². The molecule has 0 N–H and O–H groups in total. The normalized spacial score (nSPS) is 10.8. The van der Waals surface area contributed by atoms with Gasteiger partial charge in [-0.3, -0.25) is 0 Å². The molecule has 1 rings (SSSR count). The molecule has 0 saturated heterocycles. The summed E-state index contributed by atoms with van der Waals surface area (Å²) in [5, 5.41) is 0. The van der Waals surface area contributed by atoms with Crippen LogP contribution in [-0.4, -0.2) is 50.2 Å². The van der Waals surface area contributed by atoms with Crippen molar-refractivity contribution in [2.24, 2.45) is 0 Å². The lowest BCUT2D eigenvalue weighted by atomic mass is 10.1. The van der Waals surface area contributed by atoms with E-state index in [-0.39, 0.29) is 48.0 Å². The monoisotopic (exact) mass is 489 g/mol. The number of aryl methyl sites for hydroxylation is 1. The second-order valence-corrected chi connectivity index (χ2v) is 5.70. The molecule has 0 amide bonds. The molecule has 112 valence electrons. The van der Waals surface area contributed by atoms with Crippen molar-refractivity contribution in [2.45, 2.75) is 20.4 Å². The second-order valence-electron chi connectivity index (χ2n) is 5.70. The van der Waals surface area contributed by atoms with Crippen LogP contribution in [-0.2, 0) is 6.54 Å². The lowest BCUT2D eigenvalue weighted by Gasteiger charge is -2.31. The molecule has 0 fully saturated rings. The van der Waals surface area contributed by atoms with Gasteiger partial charge in [-0.05, 0) is 20.5 Å². The van der Waals surface area contributed by atoms with Crippen molar-refractivity contribution in [3.63, 3.8) is 0 Å². The van der Waals surface area contributed by atoms with Gasteiger partial charge >= 0.3 is 0 Å². The van der Waals surface area contributed by atoms with E-state index in [9.17, 15) is 0 Å².